The van der Waals surface area contributed by atoms with Gasteiger partial charge in [-0.3, -0.25) is 4.79 Å². The Labute approximate surface area is 148 Å². The van der Waals surface area contributed by atoms with E-state index in [1.54, 1.807) is 13.0 Å². The largest absolute Gasteiger partial charge is 0.378 e. The molecule has 1 fully saturated rings. The molecule has 6 heteroatoms. The van der Waals surface area contributed by atoms with Crippen molar-refractivity contribution in [1.82, 2.24) is 9.97 Å². The van der Waals surface area contributed by atoms with E-state index in [0.717, 1.165) is 24.6 Å². The molecule has 2 aromatic rings. The number of ether oxygens (including phenoxy) is 1. The number of morpholine rings is 1. The van der Waals surface area contributed by atoms with Crippen molar-refractivity contribution in [1.29, 1.82) is 0 Å². The summed E-state index contributed by atoms with van der Waals surface area (Å²) in [4.78, 5) is 23.4. The van der Waals surface area contributed by atoms with E-state index < -0.39 is 0 Å². The summed E-state index contributed by atoms with van der Waals surface area (Å²) in [5.41, 5.74) is 2.38. The molecule has 0 spiro atoms. The highest BCUT2D eigenvalue weighted by Gasteiger charge is 2.17. The van der Waals surface area contributed by atoms with Crippen molar-refractivity contribution in [2.45, 2.75) is 26.7 Å². The van der Waals surface area contributed by atoms with Crippen LogP contribution in [0.4, 0.5) is 11.5 Å². The Morgan fingerprint density at radius 1 is 1.16 bits per heavy atom. The van der Waals surface area contributed by atoms with Crippen LogP contribution in [0, 0.1) is 6.92 Å². The molecule has 6 nitrogen and oxygen atoms in total. The highest BCUT2D eigenvalue weighted by molar-refractivity contribution is 6.03. The van der Waals surface area contributed by atoms with Crippen LogP contribution in [0.25, 0.3) is 0 Å². The Morgan fingerprint density at radius 2 is 1.84 bits per heavy atom. The van der Waals surface area contributed by atoms with E-state index in [9.17, 15) is 4.79 Å². The van der Waals surface area contributed by atoms with Crippen LogP contribution >= 0.6 is 0 Å². The van der Waals surface area contributed by atoms with Gasteiger partial charge in [-0.15, -0.1) is 0 Å². The third-order valence-corrected chi connectivity index (χ3v) is 4.23. The van der Waals surface area contributed by atoms with Gasteiger partial charge >= 0.3 is 0 Å². The molecule has 1 aromatic heterocycles. The van der Waals surface area contributed by atoms with Crippen LogP contribution in [0.15, 0.2) is 30.3 Å². The number of aryl methyl sites for hydroxylation is 1. The molecule has 1 aliphatic heterocycles. The van der Waals surface area contributed by atoms with E-state index in [-0.39, 0.29) is 5.91 Å². The van der Waals surface area contributed by atoms with Crippen LogP contribution in [0.3, 0.4) is 0 Å². The zero-order valence-corrected chi connectivity index (χ0v) is 15.0. The topological polar surface area (TPSA) is 67.4 Å². The fraction of sp³-hybridized carbons (Fsp3) is 0.421. The summed E-state index contributed by atoms with van der Waals surface area (Å²) >= 11 is 0. The first-order valence-electron chi connectivity index (χ1n) is 8.62. The fourth-order valence-electron chi connectivity index (χ4n) is 2.77. The maximum Gasteiger partial charge on any atom is 0.274 e. The molecule has 0 atom stereocenters. The highest BCUT2D eigenvalue weighted by atomic mass is 16.5. The van der Waals surface area contributed by atoms with Crippen molar-refractivity contribution in [2.24, 2.45) is 0 Å². The summed E-state index contributed by atoms with van der Waals surface area (Å²) in [6, 6.07) is 9.65. The summed E-state index contributed by atoms with van der Waals surface area (Å²) in [7, 11) is 0. The molecule has 0 unspecified atom stereocenters. The maximum atomic E-state index is 12.6. The quantitative estimate of drug-likeness (QED) is 0.927. The molecular formula is C19H24N4O2. The van der Waals surface area contributed by atoms with E-state index >= 15 is 0 Å². The molecule has 1 aromatic carbocycles. The molecule has 1 aliphatic rings. The van der Waals surface area contributed by atoms with Gasteiger partial charge in [0, 0.05) is 24.8 Å². The van der Waals surface area contributed by atoms with Crippen LogP contribution in [0.5, 0.6) is 0 Å². The van der Waals surface area contributed by atoms with Crippen LogP contribution in [-0.2, 0) is 4.74 Å². The van der Waals surface area contributed by atoms with Gasteiger partial charge in [0.05, 0.1) is 13.2 Å². The maximum absolute atomic E-state index is 12.6. The SMILES string of the molecule is Cc1nc(C(=O)Nc2ccc(C(C)C)cc2)cc(N2CCOCC2)n1. The van der Waals surface area contributed by atoms with Crippen molar-refractivity contribution >= 4 is 17.4 Å². The van der Waals surface area contributed by atoms with E-state index in [2.05, 4.69) is 34.0 Å². The molecule has 1 N–H and O–H groups in total. The minimum absolute atomic E-state index is 0.225. The number of rotatable bonds is 4. The fourth-order valence-corrected chi connectivity index (χ4v) is 2.77. The number of amides is 1. The number of carbonyl (C=O) groups is 1. The van der Waals surface area contributed by atoms with Gasteiger partial charge in [0.25, 0.3) is 5.91 Å². The van der Waals surface area contributed by atoms with Crippen molar-refractivity contribution < 1.29 is 9.53 Å². The number of aromatic nitrogens is 2. The molecule has 0 aliphatic carbocycles. The number of nitrogens with one attached hydrogen (secondary N) is 1. The van der Waals surface area contributed by atoms with Gasteiger partial charge < -0.3 is 15.0 Å². The minimum atomic E-state index is -0.225. The van der Waals surface area contributed by atoms with E-state index in [0.29, 0.717) is 30.7 Å². The minimum Gasteiger partial charge on any atom is -0.378 e. The predicted molar refractivity (Wildman–Crippen MR) is 98.3 cm³/mol. The number of hydrogen-bond donors (Lipinski definition) is 1. The number of anilines is 2. The zero-order valence-electron chi connectivity index (χ0n) is 15.0. The molecule has 3 rings (SSSR count). The molecule has 1 saturated heterocycles. The Hall–Kier alpha value is -2.47. The Kier molecular flexibility index (Phi) is 5.28. The molecule has 132 valence electrons. The Bertz CT molecular complexity index is 738. The number of hydrogen-bond acceptors (Lipinski definition) is 5. The first-order chi connectivity index (χ1) is 12.0. The van der Waals surface area contributed by atoms with E-state index in [1.165, 1.54) is 5.56 Å². The summed E-state index contributed by atoms with van der Waals surface area (Å²) in [5, 5.41) is 2.91. The lowest BCUT2D eigenvalue weighted by molar-refractivity contribution is 0.102. The van der Waals surface area contributed by atoms with E-state index in [4.69, 9.17) is 4.74 Å². The molecule has 0 radical (unpaired) electrons. The van der Waals surface area contributed by atoms with Crippen molar-refractivity contribution in [2.75, 3.05) is 36.5 Å². The van der Waals surface area contributed by atoms with Crippen LogP contribution < -0.4 is 10.2 Å². The molecule has 0 saturated carbocycles. The number of benzene rings is 1. The van der Waals surface area contributed by atoms with Crippen LogP contribution in [-0.4, -0.2) is 42.2 Å². The first kappa shape index (κ1) is 17.4. The summed E-state index contributed by atoms with van der Waals surface area (Å²) < 4.78 is 5.37. The van der Waals surface area contributed by atoms with Gasteiger partial charge in [-0.05, 0) is 30.5 Å². The van der Waals surface area contributed by atoms with Gasteiger partial charge in [0.1, 0.15) is 17.3 Å². The summed E-state index contributed by atoms with van der Waals surface area (Å²) in [6.45, 7) is 8.98. The van der Waals surface area contributed by atoms with Crippen molar-refractivity contribution in [3.05, 3.63) is 47.4 Å². The second kappa shape index (κ2) is 7.61. The highest BCUT2D eigenvalue weighted by Crippen LogP contribution is 2.19. The standard InChI is InChI=1S/C19H24N4O2/c1-13(2)15-4-6-16(7-5-15)22-19(24)17-12-18(21-14(3)20-17)23-8-10-25-11-9-23/h4-7,12-13H,8-11H2,1-3H3,(H,22,24). The van der Waals surface area contributed by atoms with Gasteiger partial charge in [-0.25, -0.2) is 9.97 Å². The van der Waals surface area contributed by atoms with Gasteiger partial charge in [-0.1, -0.05) is 26.0 Å². The lowest BCUT2D eigenvalue weighted by Gasteiger charge is -2.28. The van der Waals surface area contributed by atoms with E-state index in [1.807, 2.05) is 24.3 Å². The predicted octanol–water partition coefficient (Wildman–Crippen LogP) is 3.00. The molecule has 25 heavy (non-hydrogen) atoms. The lowest BCUT2D eigenvalue weighted by atomic mass is 10.0. The van der Waals surface area contributed by atoms with Crippen LogP contribution in [0.2, 0.25) is 0 Å². The third kappa shape index (κ3) is 4.33. The normalized spacial score (nSPS) is 14.6. The van der Waals surface area contributed by atoms with Crippen molar-refractivity contribution in [3.8, 4) is 0 Å². The second-order valence-corrected chi connectivity index (χ2v) is 6.49. The third-order valence-electron chi connectivity index (χ3n) is 4.23. The summed E-state index contributed by atoms with van der Waals surface area (Å²) in [5.74, 6) is 1.60. The zero-order chi connectivity index (χ0) is 17.8. The van der Waals surface area contributed by atoms with Gasteiger partial charge in [0.15, 0.2) is 0 Å². The summed E-state index contributed by atoms with van der Waals surface area (Å²) in [6.07, 6.45) is 0. The average Bonchev–Trinajstić information content (AvgIpc) is 2.62. The molecular weight excluding hydrogens is 316 g/mol. The van der Waals surface area contributed by atoms with Gasteiger partial charge in [0.2, 0.25) is 0 Å². The molecule has 2 heterocycles. The smallest absolute Gasteiger partial charge is 0.274 e. The Morgan fingerprint density at radius 3 is 2.48 bits per heavy atom. The average molecular weight is 340 g/mol. The Balaban J connectivity index is 1.76. The van der Waals surface area contributed by atoms with Crippen molar-refractivity contribution in [3.63, 3.8) is 0 Å². The second-order valence-electron chi connectivity index (χ2n) is 6.49. The monoisotopic (exact) mass is 340 g/mol. The first-order valence-corrected chi connectivity index (χ1v) is 8.62. The lowest BCUT2D eigenvalue weighted by Crippen LogP contribution is -2.37. The number of nitrogens with zero attached hydrogens (tertiary/aromatic N) is 3. The van der Waals surface area contributed by atoms with Crippen LogP contribution in [0.1, 0.15) is 41.6 Å². The van der Waals surface area contributed by atoms with Gasteiger partial charge in [-0.2, -0.15) is 0 Å². The molecule has 0 bridgehead atoms. The number of carbonyl (C=O) groups excluding carboxylic acids is 1. The molecule has 1 amide bonds.